The third kappa shape index (κ3) is 5.49. The first-order chi connectivity index (χ1) is 9.19. The Balaban J connectivity index is 2.58. The van der Waals surface area contributed by atoms with Crippen LogP contribution in [-0.2, 0) is 11.3 Å². The molecule has 0 fully saturated rings. The molecule has 1 aromatic carbocycles. The van der Waals surface area contributed by atoms with Crippen LogP contribution in [0.25, 0.3) is 0 Å². The van der Waals surface area contributed by atoms with Crippen LogP contribution in [0.5, 0.6) is 5.75 Å². The lowest BCUT2D eigenvalue weighted by Gasteiger charge is -2.13. The molecule has 0 aliphatic carbocycles. The predicted octanol–water partition coefficient (Wildman–Crippen LogP) is 2.35. The number of nitrogens with one attached hydrogen (secondary N) is 2. The summed E-state index contributed by atoms with van der Waals surface area (Å²) in [5.74, 6) is 0.650. The van der Waals surface area contributed by atoms with Gasteiger partial charge in [0.15, 0.2) is 0 Å². The first-order valence-electron chi connectivity index (χ1n) is 6.56. The van der Waals surface area contributed by atoms with Gasteiger partial charge in [-0.2, -0.15) is 0 Å². The van der Waals surface area contributed by atoms with E-state index < -0.39 is 0 Å². The lowest BCUT2D eigenvalue weighted by Crippen LogP contribution is -2.24. The molecular formula is C14H21ClN2O2. The highest BCUT2D eigenvalue weighted by Crippen LogP contribution is 2.28. The number of amides is 1. The molecule has 0 saturated heterocycles. The molecule has 2 N–H and O–H groups in total. The van der Waals surface area contributed by atoms with Gasteiger partial charge in [-0.3, -0.25) is 4.79 Å². The lowest BCUT2D eigenvalue weighted by atomic mass is 10.2. The maximum absolute atomic E-state index is 11.3. The largest absolute Gasteiger partial charge is 0.491 e. The number of para-hydroxylation sites is 1. The highest BCUT2D eigenvalue weighted by Gasteiger charge is 2.09. The Morgan fingerprint density at radius 2 is 2.11 bits per heavy atom. The van der Waals surface area contributed by atoms with Crippen LogP contribution in [0.3, 0.4) is 0 Å². The van der Waals surface area contributed by atoms with Gasteiger partial charge in [-0.25, -0.2) is 0 Å². The van der Waals surface area contributed by atoms with Crippen molar-refractivity contribution in [1.29, 1.82) is 0 Å². The zero-order valence-electron chi connectivity index (χ0n) is 11.5. The predicted molar refractivity (Wildman–Crippen MR) is 77.6 cm³/mol. The number of ether oxygens (including phenoxy) is 1. The molecule has 0 bridgehead atoms. The van der Waals surface area contributed by atoms with Gasteiger partial charge in [0.2, 0.25) is 5.91 Å². The second-order valence-corrected chi connectivity index (χ2v) is 4.47. The van der Waals surface area contributed by atoms with E-state index in [1.807, 2.05) is 26.0 Å². The van der Waals surface area contributed by atoms with E-state index in [2.05, 4.69) is 10.6 Å². The second-order valence-electron chi connectivity index (χ2n) is 4.06. The highest BCUT2D eigenvalue weighted by atomic mass is 35.5. The smallest absolute Gasteiger partial charge is 0.223 e. The van der Waals surface area contributed by atoms with Crippen LogP contribution in [0.2, 0.25) is 5.02 Å². The second kappa shape index (κ2) is 8.77. The van der Waals surface area contributed by atoms with E-state index in [1.54, 1.807) is 6.07 Å². The summed E-state index contributed by atoms with van der Waals surface area (Å²) in [5, 5.41) is 6.54. The Morgan fingerprint density at radius 3 is 2.79 bits per heavy atom. The summed E-state index contributed by atoms with van der Waals surface area (Å²) in [4.78, 5) is 11.3. The lowest BCUT2D eigenvalue weighted by molar-refractivity contribution is -0.121. The fraction of sp³-hybridized carbons (Fsp3) is 0.500. The van der Waals surface area contributed by atoms with Crippen LogP contribution >= 0.6 is 11.6 Å². The number of benzene rings is 1. The van der Waals surface area contributed by atoms with E-state index in [0.717, 1.165) is 12.1 Å². The van der Waals surface area contributed by atoms with Gasteiger partial charge in [0.05, 0.1) is 18.1 Å². The van der Waals surface area contributed by atoms with Crippen molar-refractivity contribution in [2.24, 2.45) is 0 Å². The molecule has 0 aliphatic heterocycles. The summed E-state index contributed by atoms with van der Waals surface area (Å²) in [5.41, 5.74) is 1.00. The highest BCUT2D eigenvalue weighted by molar-refractivity contribution is 6.32. The van der Waals surface area contributed by atoms with Crippen molar-refractivity contribution in [3.63, 3.8) is 0 Å². The molecule has 0 atom stereocenters. The SMILES string of the molecule is CCNCc1cccc(Cl)c1OCCC(=O)NCC. The van der Waals surface area contributed by atoms with Crippen LogP contribution in [0.4, 0.5) is 0 Å². The van der Waals surface area contributed by atoms with Crippen LogP contribution in [-0.4, -0.2) is 25.6 Å². The summed E-state index contributed by atoms with van der Waals surface area (Å²) < 4.78 is 5.65. The number of rotatable bonds is 8. The number of hydrogen-bond acceptors (Lipinski definition) is 3. The van der Waals surface area contributed by atoms with Gasteiger partial charge < -0.3 is 15.4 Å². The van der Waals surface area contributed by atoms with Gasteiger partial charge in [0.25, 0.3) is 0 Å². The molecule has 0 aliphatic rings. The van der Waals surface area contributed by atoms with Crippen molar-refractivity contribution in [2.75, 3.05) is 19.7 Å². The Hall–Kier alpha value is -1.26. The van der Waals surface area contributed by atoms with Crippen LogP contribution < -0.4 is 15.4 Å². The minimum atomic E-state index is -0.0113. The molecule has 0 saturated carbocycles. The maximum Gasteiger partial charge on any atom is 0.223 e. The average molecular weight is 285 g/mol. The van der Waals surface area contributed by atoms with E-state index in [9.17, 15) is 4.79 Å². The van der Waals surface area contributed by atoms with E-state index in [1.165, 1.54) is 0 Å². The van der Waals surface area contributed by atoms with Gasteiger partial charge in [0.1, 0.15) is 5.75 Å². The molecule has 4 nitrogen and oxygen atoms in total. The summed E-state index contributed by atoms with van der Waals surface area (Å²) in [7, 11) is 0. The Kier molecular flexibility index (Phi) is 7.30. The Morgan fingerprint density at radius 1 is 1.32 bits per heavy atom. The van der Waals surface area contributed by atoms with Crippen LogP contribution in [0.15, 0.2) is 18.2 Å². The minimum Gasteiger partial charge on any atom is -0.491 e. The normalized spacial score (nSPS) is 10.3. The minimum absolute atomic E-state index is 0.0113. The Bertz CT molecular complexity index is 410. The van der Waals surface area contributed by atoms with E-state index in [-0.39, 0.29) is 5.91 Å². The molecule has 0 spiro atoms. The standard InChI is InChI=1S/C14H21ClN2O2/c1-3-16-10-11-6-5-7-12(15)14(11)19-9-8-13(18)17-4-2/h5-7,16H,3-4,8-10H2,1-2H3,(H,17,18). The number of carbonyl (C=O) groups is 1. The van der Waals surface area contributed by atoms with E-state index in [4.69, 9.17) is 16.3 Å². The summed E-state index contributed by atoms with van der Waals surface area (Å²) in [6.45, 7) is 6.48. The molecule has 1 amide bonds. The van der Waals surface area contributed by atoms with Gasteiger partial charge in [-0.15, -0.1) is 0 Å². The number of halogens is 1. The van der Waals surface area contributed by atoms with E-state index >= 15 is 0 Å². The summed E-state index contributed by atoms with van der Waals surface area (Å²) in [6, 6.07) is 5.65. The molecule has 0 unspecified atom stereocenters. The number of hydrogen-bond donors (Lipinski definition) is 2. The van der Waals surface area contributed by atoms with Crippen molar-refractivity contribution >= 4 is 17.5 Å². The molecule has 0 heterocycles. The third-order valence-electron chi connectivity index (χ3n) is 2.56. The zero-order chi connectivity index (χ0) is 14.1. The van der Waals surface area contributed by atoms with Gasteiger partial charge in [0, 0.05) is 18.7 Å². The third-order valence-corrected chi connectivity index (χ3v) is 2.86. The molecule has 106 valence electrons. The first-order valence-corrected chi connectivity index (χ1v) is 6.94. The molecular weight excluding hydrogens is 264 g/mol. The summed E-state index contributed by atoms with van der Waals surface area (Å²) in [6.07, 6.45) is 0.333. The average Bonchev–Trinajstić information content (AvgIpc) is 2.39. The van der Waals surface area contributed by atoms with Gasteiger partial charge in [-0.1, -0.05) is 30.7 Å². The molecule has 1 aromatic rings. The van der Waals surface area contributed by atoms with Gasteiger partial charge >= 0.3 is 0 Å². The zero-order valence-corrected chi connectivity index (χ0v) is 12.2. The monoisotopic (exact) mass is 284 g/mol. The van der Waals surface area contributed by atoms with Crippen molar-refractivity contribution in [3.8, 4) is 5.75 Å². The summed E-state index contributed by atoms with van der Waals surface area (Å²) >= 11 is 6.13. The topological polar surface area (TPSA) is 50.4 Å². The quantitative estimate of drug-likeness (QED) is 0.770. The first kappa shape index (κ1) is 15.8. The molecule has 1 rings (SSSR count). The van der Waals surface area contributed by atoms with Gasteiger partial charge in [-0.05, 0) is 19.5 Å². The van der Waals surface area contributed by atoms with Crippen molar-refractivity contribution in [1.82, 2.24) is 10.6 Å². The fourth-order valence-corrected chi connectivity index (χ4v) is 1.89. The van der Waals surface area contributed by atoms with Crippen molar-refractivity contribution < 1.29 is 9.53 Å². The van der Waals surface area contributed by atoms with Crippen molar-refractivity contribution in [2.45, 2.75) is 26.8 Å². The molecule has 19 heavy (non-hydrogen) atoms. The molecule has 5 heteroatoms. The maximum atomic E-state index is 11.3. The Labute approximate surface area is 119 Å². The van der Waals surface area contributed by atoms with Crippen LogP contribution in [0, 0.1) is 0 Å². The number of carbonyl (C=O) groups excluding carboxylic acids is 1. The molecule has 0 radical (unpaired) electrons. The van der Waals surface area contributed by atoms with Crippen LogP contribution in [0.1, 0.15) is 25.8 Å². The fourth-order valence-electron chi connectivity index (χ4n) is 1.65. The van der Waals surface area contributed by atoms with Crippen molar-refractivity contribution in [3.05, 3.63) is 28.8 Å². The van der Waals surface area contributed by atoms with E-state index in [0.29, 0.717) is 36.9 Å². The molecule has 0 aromatic heterocycles.